The molecule has 1 unspecified atom stereocenters. The van der Waals surface area contributed by atoms with Crippen LogP contribution in [-0.2, 0) is 28.4 Å². The first-order valence-electron chi connectivity index (χ1n) is 13.4. The van der Waals surface area contributed by atoms with Gasteiger partial charge in [0, 0.05) is 63.8 Å². The molecule has 17 heteroatoms. The van der Waals surface area contributed by atoms with Crippen LogP contribution in [-0.4, -0.2) is 107 Å². The SMILES string of the molecule is CN(Cc1nc2c(n1C)N=C(c1cccc(NS(=O)(=O)CCCl)c1)N(C)C2N1CCOCC1)c1ncc(C(=O)NO)cn1. The lowest BCUT2D eigenvalue weighted by molar-refractivity contribution is -0.0125. The summed E-state index contributed by atoms with van der Waals surface area (Å²) in [7, 11) is 2.07. The van der Waals surface area contributed by atoms with Gasteiger partial charge in [-0.1, -0.05) is 12.1 Å². The number of benzene rings is 1. The maximum Gasteiger partial charge on any atom is 0.277 e. The van der Waals surface area contributed by atoms with Crippen LogP contribution < -0.4 is 15.1 Å². The van der Waals surface area contributed by atoms with Crippen LogP contribution in [0.2, 0.25) is 0 Å². The number of alkyl halides is 1. The zero-order valence-electron chi connectivity index (χ0n) is 23.9. The Hall–Kier alpha value is -3.83. The Morgan fingerprint density at radius 3 is 2.60 bits per heavy atom. The van der Waals surface area contributed by atoms with Crippen molar-refractivity contribution in [3.8, 4) is 0 Å². The second kappa shape index (κ2) is 12.8. The Morgan fingerprint density at radius 1 is 1.21 bits per heavy atom. The van der Waals surface area contributed by atoms with E-state index in [0.717, 1.165) is 11.3 Å². The van der Waals surface area contributed by atoms with Crippen molar-refractivity contribution in [1.29, 1.82) is 0 Å². The summed E-state index contributed by atoms with van der Waals surface area (Å²) in [6, 6.07) is 7.11. The molecule has 3 aromatic rings. The summed E-state index contributed by atoms with van der Waals surface area (Å²) < 4.78 is 34.9. The van der Waals surface area contributed by atoms with Crippen LogP contribution in [0.3, 0.4) is 0 Å². The molecule has 2 aliphatic rings. The van der Waals surface area contributed by atoms with Crippen molar-refractivity contribution in [2.45, 2.75) is 12.7 Å². The van der Waals surface area contributed by atoms with E-state index in [2.05, 4.69) is 24.5 Å². The van der Waals surface area contributed by atoms with Crippen molar-refractivity contribution in [1.82, 2.24) is 34.8 Å². The number of amidine groups is 1. The zero-order valence-corrected chi connectivity index (χ0v) is 25.5. The molecule has 43 heavy (non-hydrogen) atoms. The van der Waals surface area contributed by atoms with Crippen LogP contribution >= 0.6 is 11.6 Å². The number of rotatable bonds is 10. The van der Waals surface area contributed by atoms with Gasteiger partial charge in [0.1, 0.15) is 23.5 Å². The zero-order chi connectivity index (χ0) is 30.7. The normalized spacial score (nSPS) is 17.3. The summed E-state index contributed by atoms with van der Waals surface area (Å²) in [5.74, 6) is 1.52. The van der Waals surface area contributed by atoms with Crippen molar-refractivity contribution in [2.75, 3.05) is 61.7 Å². The molecule has 1 aromatic carbocycles. The average molecular weight is 633 g/mol. The smallest absolute Gasteiger partial charge is 0.277 e. The van der Waals surface area contributed by atoms with E-state index < -0.39 is 15.9 Å². The number of carbonyl (C=O) groups excluding carboxylic acids is 1. The highest BCUT2D eigenvalue weighted by Gasteiger charge is 2.37. The molecule has 1 amide bonds. The molecule has 0 saturated carbocycles. The van der Waals surface area contributed by atoms with E-state index in [1.54, 1.807) is 28.6 Å². The van der Waals surface area contributed by atoms with E-state index in [1.807, 2.05) is 31.8 Å². The number of aliphatic imine (C=N–C) groups is 1. The van der Waals surface area contributed by atoms with Crippen molar-refractivity contribution in [2.24, 2.45) is 12.0 Å². The Balaban J connectivity index is 1.50. The van der Waals surface area contributed by atoms with E-state index in [0.29, 0.717) is 62.0 Å². The number of hydrogen-bond acceptors (Lipinski definition) is 12. The quantitative estimate of drug-likeness (QED) is 0.167. The molecule has 5 rings (SSSR count). The Morgan fingerprint density at radius 2 is 1.93 bits per heavy atom. The number of hydroxylamine groups is 1. The summed E-state index contributed by atoms with van der Waals surface area (Å²) in [4.78, 5) is 36.3. The number of ether oxygens (including phenoxy) is 1. The topological polar surface area (TPSA) is 170 Å². The molecule has 15 nitrogen and oxygen atoms in total. The molecule has 2 aromatic heterocycles. The summed E-state index contributed by atoms with van der Waals surface area (Å²) in [5.41, 5.74) is 3.63. The molecule has 1 atom stereocenters. The van der Waals surface area contributed by atoms with E-state index in [9.17, 15) is 13.2 Å². The van der Waals surface area contributed by atoms with Gasteiger partial charge in [-0.15, -0.1) is 11.6 Å². The van der Waals surface area contributed by atoms with Crippen LogP contribution in [0, 0.1) is 0 Å². The molecular formula is C26H33ClN10O5S. The fourth-order valence-corrected chi connectivity index (χ4v) is 6.43. The molecule has 0 radical (unpaired) electrons. The number of anilines is 2. The molecule has 4 heterocycles. The third kappa shape index (κ3) is 6.57. The minimum atomic E-state index is -3.59. The first kappa shape index (κ1) is 30.6. The highest BCUT2D eigenvalue weighted by molar-refractivity contribution is 7.92. The lowest BCUT2D eigenvalue weighted by Crippen LogP contribution is -2.48. The summed E-state index contributed by atoms with van der Waals surface area (Å²) in [5, 5.41) is 8.84. The van der Waals surface area contributed by atoms with Gasteiger partial charge in [-0.25, -0.2) is 33.8 Å². The number of aromatic nitrogens is 4. The molecule has 0 aliphatic carbocycles. The van der Waals surface area contributed by atoms with Gasteiger partial charge >= 0.3 is 0 Å². The van der Waals surface area contributed by atoms with Gasteiger partial charge in [0.05, 0.1) is 31.1 Å². The maximum atomic E-state index is 12.4. The molecule has 0 spiro atoms. The summed E-state index contributed by atoms with van der Waals surface area (Å²) >= 11 is 5.67. The third-order valence-corrected chi connectivity index (χ3v) is 8.90. The fraction of sp³-hybridized carbons (Fsp3) is 0.423. The number of nitrogens with zero attached hydrogens (tertiary/aromatic N) is 8. The van der Waals surface area contributed by atoms with Gasteiger partial charge in [0.15, 0.2) is 5.82 Å². The van der Waals surface area contributed by atoms with E-state index >= 15 is 0 Å². The minimum Gasteiger partial charge on any atom is -0.379 e. The number of fused-ring (bicyclic) bond motifs is 1. The molecule has 1 saturated heterocycles. The van der Waals surface area contributed by atoms with Crippen LogP contribution in [0.1, 0.15) is 33.6 Å². The first-order valence-corrected chi connectivity index (χ1v) is 15.6. The predicted molar refractivity (Wildman–Crippen MR) is 160 cm³/mol. The van der Waals surface area contributed by atoms with Gasteiger partial charge in [0.2, 0.25) is 16.0 Å². The summed E-state index contributed by atoms with van der Waals surface area (Å²) in [6.07, 6.45) is 2.41. The van der Waals surface area contributed by atoms with Crippen LogP contribution in [0.4, 0.5) is 17.5 Å². The van der Waals surface area contributed by atoms with E-state index in [4.69, 9.17) is 31.5 Å². The van der Waals surface area contributed by atoms with Crippen LogP contribution in [0.5, 0.6) is 0 Å². The number of imidazole rings is 1. The van der Waals surface area contributed by atoms with Gasteiger partial charge in [-0.3, -0.25) is 19.6 Å². The van der Waals surface area contributed by atoms with E-state index in [1.165, 1.54) is 12.4 Å². The first-order chi connectivity index (χ1) is 20.6. The molecule has 2 aliphatic heterocycles. The molecule has 230 valence electrons. The number of carbonyl (C=O) groups is 1. The number of hydrogen-bond donors (Lipinski definition) is 3. The number of amides is 1. The second-order valence-electron chi connectivity index (χ2n) is 10.1. The van der Waals surface area contributed by atoms with Crippen molar-refractivity contribution in [3.63, 3.8) is 0 Å². The number of nitrogens with one attached hydrogen (secondary N) is 2. The monoisotopic (exact) mass is 632 g/mol. The lowest BCUT2D eigenvalue weighted by atomic mass is 10.1. The van der Waals surface area contributed by atoms with Crippen LogP contribution in [0.25, 0.3) is 0 Å². The molecule has 3 N–H and O–H groups in total. The average Bonchev–Trinajstić information content (AvgIpc) is 3.30. The van der Waals surface area contributed by atoms with Crippen LogP contribution in [0.15, 0.2) is 41.7 Å². The standard InChI is InChI=1S/C26H33ClN10O5S/c1-34(26-28-14-18(15-29-26)24(38)32-39)16-20-30-21-23(35(20)2)31-22(36(3)25(21)37-8-10-42-11-9-37)17-5-4-6-19(13-17)33-43(40,41)12-7-27/h4-6,13-15,25,33,39H,7-12,16H2,1-3H3,(H,32,38). The van der Waals surface area contributed by atoms with Gasteiger partial charge in [-0.05, 0) is 12.1 Å². The van der Waals surface area contributed by atoms with E-state index in [-0.39, 0.29) is 23.4 Å². The molecule has 1 fully saturated rings. The van der Waals surface area contributed by atoms with Gasteiger partial charge in [-0.2, -0.15) is 0 Å². The highest BCUT2D eigenvalue weighted by atomic mass is 35.5. The van der Waals surface area contributed by atoms with Crippen molar-refractivity contribution < 1.29 is 23.2 Å². The molecule has 0 bridgehead atoms. The van der Waals surface area contributed by atoms with Crippen molar-refractivity contribution in [3.05, 3.63) is 59.3 Å². The van der Waals surface area contributed by atoms with Gasteiger partial charge in [0.25, 0.3) is 5.91 Å². The second-order valence-corrected chi connectivity index (χ2v) is 12.3. The number of sulfonamides is 1. The lowest BCUT2D eigenvalue weighted by Gasteiger charge is -2.42. The Bertz CT molecular complexity index is 1610. The minimum absolute atomic E-state index is 0.00914. The Kier molecular flexibility index (Phi) is 9.12. The number of halogens is 1. The highest BCUT2D eigenvalue weighted by Crippen LogP contribution is 2.38. The third-order valence-electron chi connectivity index (χ3n) is 7.19. The number of morpholine rings is 1. The maximum absolute atomic E-state index is 12.4. The Labute approximate surface area is 254 Å². The largest absolute Gasteiger partial charge is 0.379 e. The fourth-order valence-electron chi connectivity index (χ4n) is 5.03. The summed E-state index contributed by atoms with van der Waals surface area (Å²) in [6.45, 7) is 2.93. The van der Waals surface area contributed by atoms with Crippen molar-refractivity contribution >= 4 is 50.8 Å². The predicted octanol–water partition coefficient (Wildman–Crippen LogP) is 1.30. The van der Waals surface area contributed by atoms with Gasteiger partial charge < -0.3 is 19.1 Å². The molecular weight excluding hydrogens is 600 g/mol.